The van der Waals surface area contributed by atoms with Gasteiger partial charge in [0.1, 0.15) is 10.7 Å². The Kier molecular flexibility index (Phi) is 7.18. The summed E-state index contributed by atoms with van der Waals surface area (Å²) in [4.78, 5) is 19.5. The monoisotopic (exact) mass is 483 g/mol. The number of rotatable bonds is 6. The molecule has 178 valence electrons. The largest absolute Gasteiger partial charge is 0.461 e. The average molecular weight is 484 g/mol. The molecule has 0 spiro atoms. The van der Waals surface area contributed by atoms with Crippen LogP contribution in [0.15, 0.2) is 66.4 Å². The van der Waals surface area contributed by atoms with E-state index in [0.717, 1.165) is 34.3 Å². The van der Waals surface area contributed by atoms with Crippen LogP contribution in [0.4, 0.5) is 5.69 Å². The van der Waals surface area contributed by atoms with E-state index < -0.39 is 5.97 Å². The van der Waals surface area contributed by atoms with E-state index in [4.69, 9.17) is 9.72 Å². The average Bonchev–Trinajstić information content (AvgIpc) is 3.36. The quantitative estimate of drug-likeness (QED) is 0.368. The van der Waals surface area contributed by atoms with Gasteiger partial charge in [-0.15, -0.1) is 11.3 Å². The predicted octanol–water partition coefficient (Wildman–Crippen LogP) is 4.92. The van der Waals surface area contributed by atoms with Gasteiger partial charge in [0, 0.05) is 29.4 Å². The lowest BCUT2D eigenvalue weighted by molar-refractivity contribution is -0.136. The first-order valence-electron chi connectivity index (χ1n) is 11.8. The maximum atomic E-state index is 12.6. The molecule has 2 aromatic carbocycles. The molecule has 5 nitrogen and oxygen atoms in total. The summed E-state index contributed by atoms with van der Waals surface area (Å²) in [6.07, 6.45) is 5.83. The number of nitriles is 1. The molecule has 1 aliphatic heterocycles. The molecule has 0 unspecified atom stereocenters. The number of benzene rings is 2. The zero-order valence-corrected chi connectivity index (χ0v) is 21.4. The van der Waals surface area contributed by atoms with Crippen LogP contribution in [-0.2, 0) is 14.9 Å². The van der Waals surface area contributed by atoms with Crippen molar-refractivity contribution < 1.29 is 9.53 Å². The molecule has 4 rings (SSSR count). The fourth-order valence-corrected chi connectivity index (χ4v) is 5.35. The second-order valence-electron chi connectivity index (χ2n) is 8.99. The number of aromatic nitrogens is 1. The molecule has 2 heterocycles. The van der Waals surface area contributed by atoms with E-state index in [9.17, 15) is 10.1 Å². The van der Waals surface area contributed by atoms with Gasteiger partial charge in [0.2, 0.25) is 0 Å². The molecule has 0 saturated heterocycles. The molecule has 0 saturated carbocycles. The highest BCUT2D eigenvalue weighted by Crippen LogP contribution is 2.46. The van der Waals surface area contributed by atoms with Gasteiger partial charge in [0.25, 0.3) is 0 Å². The van der Waals surface area contributed by atoms with Gasteiger partial charge in [0.05, 0.1) is 16.8 Å². The van der Waals surface area contributed by atoms with Crippen LogP contribution in [0.25, 0.3) is 22.9 Å². The summed E-state index contributed by atoms with van der Waals surface area (Å²) in [6.45, 7) is 6.76. The Bertz CT molecular complexity index is 1430. The van der Waals surface area contributed by atoms with Crippen LogP contribution >= 0.6 is 11.3 Å². The van der Waals surface area contributed by atoms with Crippen molar-refractivity contribution in [3.05, 3.63) is 81.1 Å². The first kappa shape index (κ1) is 24.4. The van der Waals surface area contributed by atoms with Crippen molar-refractivity contribution in [1.29, 1.82) is 5.26 Å². The number of likely N-dealkylation sites (N-methyl/N-ethyl adjacent to an activating group) is 1. The molecule has 35 heavy (non-hydrogen) atoms. The van der Waals surface area contributed by atoms with Crippen LogP contribution in [0, 0.1) is 11.3 Å². The smallest absolute Gasteiger partial charge is 0.352 e. The zero-order valence-electron chi connectivity index (χ0n) is 20.5. The summed E-state index contributed by atoms with van der Waals surface area (Å²) in [5.74, 6) is -0.619. The van der Waals surface area contributed by atoms with Gasteiger partial charge in [-0.2, -0.15) is 5.26 Å². The number of carbonyl (C=O) groups is 1. The number of thiazole rings is 1. The molecule has 0 aliphatic carbocycles. The highest BCUT2D eigenvalue weighted by molar-refractivity contribution is 7.08. The SMILES string of the molecule is CCCCOC(=O)C(C#N)=c1nc(-c2ccccc2)c(=CC=C2N(C)c3ccccc3C2(C)C)s1. The van der Waals surface area contributed by atoms with Crippen molar-refractivity contribution in [3.63, 3.8) is 0 Å². The number of hydrogen-bond donors (Lipinski definition) is 0. The van der Waals surface area contributed by atoms with Crippen molar-refractivity contribution in [2.45, 2.75) is 39.0 Å². The Hall–Kier alpha value is -3.69. The van der Waals surface area contributed by atoms with Crippen LogP contribution < -0.4 is 14.1 Å². The number of hydrogen-bond acceptors (Lipinski definition) is 6. The summed E-state index contributed by atoms with van der Waals surface area (Å²) in [6, 6.07) is 20.3. The molecule has 0 amide bonds. The number of allylic oxidation sites excluding steroid dienone is 2. The zero-order chi connectivity index (χ0) is 25.0. The second kappa shape index (κ2) is 10.3. The molecular formula is C29H29N3O2S. The molecule has 0 N–H and O–H groups in total. The third-order valence-electron chi connectivity index (χ3n) is 6.29. The van der Waals surface area contributed by atoms with Gasteiger partial charge in [-0.05, 0) is 30.2 Å². The number of carbonyl (C=O) groups excluding carboxylic acids is 1. The van der Waals surface area contributed by atoms with Crippen molar-refractivity contribution >= 4 is 34.6 Å². The Morgan fingerprint density at radius 3 is 2.54 bits per heavy atom. The molecule has 0 bridgehead atoms. The minimum atomic E-state index is -0.619. The van der Waals surface area contributed by atoms with Crippen LogP contribution in [0.1, 0.15) is 39.2 Å². The fourth-order valence-electron chi connectivity index (χ4n) is 4.37. The Labute approximate surface area is 210 Å². The third-order valence-corrected chi connectivity index (χ3v) is 7.33. The fraction of sp³-hybridized carbons (Fsp3) is 0.276. The van der Waals surface area contributed by atoms with Crippen LogP contribution in [-0.4, -0.2) is 24.6 Å². The van der Waals surface area contributed by atoms with E-state index in [1.54, 1.807) is 0 Å². The summed E-state index contributed by atoms with van der Waals surface area (Å²) in [7, 11) is 2.08. The Morgan fingerprint density at radius 1 is 1.14 bits per heavy atom. The molecule has 1 aliphatic rings. The van der Waals surface area contributed by atoms with Crippen molar-refractivity contribution in [1.82, 2.24) is 4.98 Å². The summed E-state index contributed by atoms with van der Waals surface area (Å²) in [5.41, 5.74) is 5.10. The topological polar surface area (TPSA) is 66.2 Å². The predicted molar refractivity (Wildman–Crippen MR) is 142 cm³/mol. The molecule has 1 aromatic heterocycles. The standard InChI is InChI=1S/C29H29N3O2S/c1-5-6-18-34-28(33)21(19-30)27-31-26(20-12-8-7-9-13-20)24(35-27)16-17-25-29(2,3)22-14-10-11-15-23(22)32(25)4/h7-17H,5-6,18H2,1-4H3. The number of para-hydroxylation sites is 1. The lowest BCUT2D eigenvalue weighted by Gasteiger charge is -2.23. The van der Waals surface area contributed by atoms with E-state index in [-0.39, 0.29) is 11.0 Å². The summed E-state index contributed by atoms with van der Waals surface area (Å²) < 4.78 is 6.56. The third kappa shape index (κ3) is 4.78. The van der Waals surface area contributed by atoms with Gasteiger partial charge in [-0.1, -0.05) is 75.7 Å². The minimum Gasteiger partial charge on any atom is -0.461 e. The number of esters is 1. The summed E-state index contributed by atoms with van der Waals surface area (Å²) >= 11 is 1.33. The van der Waals surface area contributed by atoms with Gasteiger partial charge < -0.3 is 9.64 Å². The molecular weight excluding hydrogens is 454 g/mol. The van der Waals surface area contributed by atoms with E-state index in [1.807, 2.05) is 49.4 Å². The number of unbranched alkanes of at least 4 members (excludes halogenated alkanes) is 1. The number of nitrogens with zero attached hydrogens (tertiary/aromatic N) is 3. The molecule has 0 radical (unpaired) electrons. The van der Waals surface area contributed by atoms with Crippen molar-refractivity contribution in [2.24, 2.45) is 0 Å². The molecule has 0 fully saturated rings. The maximum Gasteiger partial charge on any atom is 0.352 e. The molecule has 6 heteroatoms. The van der Waals surface area contributed by atoms with Gasteiger partial charge >= 0.3 is 5.97 Å². The molecule has 0 atom stereocenters. The lowest BCUT2D eigenvalue weighted by Crippen LogP contribution is -2.22. The summed E-state index contributed by atoms with van der Waals surface area (Å²) in [5, 5.41) is 9.73. The molecule has 3 aromatic rings. The minimum absolute atomic E-state index is 0.0543. The number of ether oxygens (including phenoxy) is 1. The number of fused-ring (bicyclic) bond motifs is 1. The van der Waals surface area contributed by atoms with Gasteiger partial charge in [-0.25, -0.2) is 9.78 Å². The van der Waals surface area contributed by atoms with E-state index in [0.29, 0.717) is 11.3 Å². The van der Waals surface area contributed by atoms with Crippen LogP contribution in [0.2, 0.25) is 0 Å². The lowest BCUT2D eigenvalue weighted by atomic mass is 9.84. The first-order chi connectivity index (χ1) is 16.9. The van der Waals surface area contributed by atoms with E-state index in [1.165, 1.54) is 22.6 Å². The highest BCUT2D eigenvalue weighted by Gasteiger charge is 2.37. The van der Waals surface area contributed by atoms with E-state index in [2.05, 4.69) is 56.1 Å². The normalized spacial score (nSPS) is 16.7. The van der Waals surface area contributed by atoms with Gasteiger partial charge in [0.15, 0.2) is 5.57 Å². The first-order valence-corrected chi connectivity index (χ1v) is 12.6. The second-order valence-corrected chi connectivity index (χ2v) is 10.0. The highest BCUT2D eigenvalue weighted by atomic mass is 32.1. The van der Waals surface area contributed by atoms with Crippen molar-refractivity contribution in [2.75, 3.05) is 18.6 Å². The van der Waals surface area contributed by atoms with Crippen molar-refractivity contribution in [3.8, 4) is 17.3 Å². The number of anilines is 1. The Morgan fingerprint density at radius 2 is 1.86 bits per heavy atom. The maximum absolute atomic E-state index is 12.6. The van der Waals surface area contributed by atoms with Crippen LogP contribution in [0.3, 0.4) is 0 Å². The van der Waals surface area contributed by atoms with Gasteiger partial charge in [-0.3, -0.25) is 0 Å². The Balaban J connectivity index is 1.86. The van der Waals surface area contributed by atoms with E-state index >= 15 is 0 Å². The van der Waals surface area contributed by atoms with Crippen LogP contribution in [0.5, 0.6) is 0 Å².